The molecule has 21 heavy (non-hydrogen) atoms. The molecule has 3 aromatic rings. The highest BCUT2D eigenvalue weighted by Gasteiger charge is 2.30. The fourth-order valence-corrected chi connectivity index (χ4v) is 2.08. The molecule has 0 saturated carbocycles. The maximum absolute atomic E-state index is 12.7. The van der Waals surface area contributed by atoms with Crippen molar-refractivity contribution in [2.45, 2.75) is 6.18 Å². The van der Waals surface area contributed by atoms with E-state index in [0.29, 0.717) is 17.1 Å². The van der Waals surface area contributed by atoms with Crippen LogP contribution < -0.4 is 4.74 Å². The molecule has 0 amide bonds. The van der Waals surface area contributed by atoms with Crippen molar-refractivity contribution in [2.24, 2.45) is 0 Å². The van der Waals surface area contributed by atoms with E-state index in [9.17, 15) is 13.2 Å². The monoisotopic (exact) mass is 292 g/mol. The minimum atomic E-state index is -4.37. The van der Waals surface area contributed by atoms with Gasteiger partial charge >= 0.3 is 6.18 Å². The zero-order valence-electron chi connectivity index (χ0n) is 11.1. The maximum atomic E-state index is 12.7. The molecule has 3 rings (SSSR count). The van der Waals surface area contributed by atoms with Crippen LogP contribution in [-0.2, 0) is 6.18 Å². The van der Waals surface area contributed by atoms with E-state index in [-0.39, 0.29) is 0 Å². The first-order valence-electron chi connectivity index (χ1n) is 6.18. The second-order valence-electron chi connectivity index (χ2n) is 4.54. The summed E-state index contributed by atoms with van der Waals surface area (Å²) in [5.41, 5.74) is 1.13. The van der Waals surface area contributed by atoms with Gasteiger partial charge in [-0.25, -0.2) is 4.98 Å². The second-order valence-corrected chi connectivity index (χ2v) is 4.54. The smallest absolute Gasteiger partial charge is 0.417 e. The number of rotatable bonds is 2. The van der Waals surface area contributed by atoms with E-state index in [2.05, 4.69) is 4.98 Å². The van der Waals surface area contributed by atoms with Crippen LogP contribution in [0.4, 0.5) is 13.2 Å². The van der Waals surface area contributed by atoms with E-state index in [4.69, 9.17) is 4.74 Å². The summed E-state index contributed by atoms with van der Waals surface area (Å²) < 4.78 is 44.6. The van der Waals surface area contributed by atoms with Gasteiger partial charge in [0.1, 0.15) is 11.4 Å². The number of halogens is 3. The predicted octanol–water partition coefficient (Wildman–Crippen LogP) is 4.03. The highest BCUT2D eigenvalue weighted by Crippen LogP contribution is 2.30. The van der Waals surface area contributed by atoms with Crippen molar-refractivity contribution in [3.63, 3.8) is 0 Å². The molecule has 2 aromatic heterocycles. The lowest BCUT2D eigenvalue weighted by molar-refractivity contribution is -0.137. The Bertz CT molecular complexity index is 793. The normalized spacial score (nSPS) is 11.8. The Morgan fingerprint density at radius 2 is 1.90 bits per heavy atom. The first kappa shape index (κ1) is 13.5. The number of aromatic nitrogens is 2. The molecule has 3 nitrogen and oxygen atoms in total. The highest BCUT2D eigenvalue weighted by atomic mass is 19.4. The van der Waals surface area contributed by atoms with Crippen molar-refractivity contribution < 1.29 is 17.9 Å². The van der Waals surface area contributed by atoms with Gasteiger partial charge in [-0.1, -0.05) is 12.1 Å². The van der Waals surface area contributed by atoms with Gasteiger partial charge in [0.15, 0.2) is 0 Å². The number of hydrogen-bond donors (Lipinski definition) is 0. The lowest BCUT2D eigenvalue weighted by Gasteiger charge is -2.05. The van der Waals surface area contributed by atoms with Crippen LogP contribution in [0.15, 0.2) is 48.8 Å². The van der Waals surface area contributed by atoms with E-state index in [1.165, 1.54) is 10.5 Å². The molecule has 0 atom stereocenters. The van der Waals surface area contributed by atoms with Crippen LogP contribution in [0.1, 0.15) is 5.56 Å². The van der Waals surface area contributed by atoms with Crippen LogP contribution in [-0.4, -0.2) is 16.5 Å². The third-order valence-corrected chi connectivity index (χ3v) is 3.14. The molecule has 0 aliphatic rings. The number of methoxy groups -OCH3 is 1. The van der Waals surface area contributed by atoms with Crippen molar-refractivity contribution >= 4 is 5.65 Å². The first-order valence-corrected chi connectivity index (χ1v) is 6.18. The van der Waals surface area contributed by atoms with Gasteiger partial charge in [-0.3, -0.25) is 0 Å². The second kappa shape index (κ2) is 4.80. The van der Waals surface area contributed by atoms with E-state index in [1.807, 2.05) is 6.07 Å². The molecule has 0 N–H and O–H groups in total. The summed E-state index contributed by atoms with van der Waals surface area (Å²) in [7, 11) is 1.55. The van der Waals surface area contributed by atoms with Crippen LogP contribution in [0.5, 0.6) is 5.75 Å². The number of pyridine rings is 1. The van der Waals surface area contributed by atoms with Gasteiger partial charge in [0.05, 0.1) is 18.4 Å². The topological polar surface area (TPSA) is 26.5 Å². The Morgan fingerprint density at radius 1 is 1.10 bits per heavy atom. The molecule has 108 valence electrons. The number of hydrogen-bond acceptors (Lipinski definition) is 2. The lowest BCUT2D eigenvalue weighted by Crippen LogP contribution is -2.05. The average Bonchev–Trinajstić information content (AvgIpc) is 2.89. The van der Waals surface area contributed by atoms with Gasteiger partial charge in [-0.15, -0.1) is 0 Å². The van der Waals surface area contributed by atoms with Gasteiger partial charge in [0.2, 0.25) is 0 Å². The molecule has 0 unspecified atom stereocenters. The predicted molar refractivity (Wildman–Crippen MR) is 72.2 cm³/mol. The standard InChI is InChI=1S/C15H11F3N2O/c1-21-12-4-2-3-10(7-12)13-9-20-8-11(15(16,17)18)5-6-14(20)19-13/h2-9H,1H3. The van der Waals surface area contributed by atoms with E-state index in [1.54, 1.807) is 31.5 Å². The molecule has 0 aliphatic carbocycles. The van der Waals surface area contributed by atoms with Crippen LogP contribution in [0.3, 0.4) is 0 Å². The van der Waals surface area contributed by atoms with E-state index < -0.39 is 11.7 Å². The number of imidazole rings is 1. The third kappa shape index (κ3) is 2.56. The van der Waals surface area contributed by atoms with Crippen molar-refractivity contribution in [1.82, 2.24) is 9.38 Å². The first-order chi connectivity index (χ1) is 9.97. The summed E-state index contributed by atoms with van der Waals surface area (Å²) >= 11 is 0. The Labute approximate surface area is 118 Å². The Kier molecular flexibility index (Phi) is 3.08. The molecule has 0 bridgehead atoms. The summed E-state index contributed by atoms with van der Waals surface area (Å²) in [6.07, 6.45) is -1.76. The van der Waals surface area contributed by atoms with Crippen LogP contribution in [0, 0.1) is 0 Å². The molecule has 0 spiro atoms. The number of nitrogens with zero attached hydrogens (tertiary/aromatic N) is 2. The molecular formula is C15H11F3N2O. The molecule has 0 saturated heterocycles. The lowest BCUT2D eigenvalue weighted by atomic mass is 10.1. The molecule has 0 aliphatic heterocycles. The molecule has 2 heterocycles. The Morgan fingerprint density at radius 3 is 2.62 bits per heavy atom. The van der Waals surface area contributed by atoms with Gasteiger partial charge in [0, 0.05) is 18.0 Å². The number of fused-ring (bicyclic) bond motifs is 1. The molecule has 0 radical (unpaired) electrons. The zero-order chi connectivity index (χ0) is 15.0. The van der Waals surface area contributed by atoms with E-state index in [0.717, 1.165) is 17.8 Å². The maximum Gasteiger partial charge on any atom is 0.417 e. The Balaban J connectivity index is 2.08. The fourth-order valence-electron chi connectivity index (χ4n) is 2.08. The third-order valence-electron chi connectivity index (χ3n) is 3.14. The summed E-state index contributed by atoms with van der Waals surface area (Å²) in [6, 6.07) is 9.59. The van der Waals surface area contributed by atoms with Crippen LogP contribution >= 0.6 is 0 Å². The van der Waals surface area contributed by atoms with Crippen molar-refractivity contribution in [3.05, 3.63) is 54.4 Å². The van der Waals surface area contributed by atoms with Crippen molar-refractivity contribution in [1.29, 1.82) is 0 Å². The average molecular weight is 292 g/mol. The van der Waals surface area contributed by atoms with Crippen LogP contribution in [0.2, 0.25) is 0 Å². The van der Waals surface area contributed by atoms with Crippen molar-refractivity contribution in [3.8, 4) is 17.0 Å². The summed E-state index contributed by atoms with van der Waals surface area (Å²) in [5, 5.41) is 0. The number of alkyl halides is 3. The Hall–Kier alpha value is -2.50. The van der Waals surface area contributed by atoms with E-state index >= 15 is 0 Å². The number of benzene rings is 1. The summed E-state index contributed by atoms with van der Waals surface area (Å²) in [6.45, 7) is 0. The van der Waals surface area contributed by atoms with Crippen LogP contribution in [0.25, 0.3) is 16.9 Å². The quantitative estimate of drug-likeness (QED) is 0.713. The number of ether oxygens (including phenoxy) is 1. The molecule has 1 aromatic carbocycles. The SMILES string of the molecule is COc1cccc(-c2cn3cc(C(F)(F)F)ccc3n2)c1. The minimum absolute atomic E-state index is 0.459. The van der Waals surface area contributed by atoms with Crippen molar-refractivity contribution in [2.75, 3.05) is 7.11 Å². The molecular weight excluding hydrogens is 281 g/mol. The highest BCUT2D eigenvalue weighted by molar-refractivity contribution is 5.64. The molecule has 0 fully saturated rings. The summed E-state index contributed by atoms with van der Waals surface area (Å²) in [4.78, 5) is 4.32. The zero-order valence-corrected chi connectivity index (χ0v) is 11.1. The summed E-state index contributed by atoms with van der Waals surface area (Å²) in [5.74, 6) is 0.667. The largest absolute Gasteiger partial charge is 0.497 e. The fraction of sp³-hybridized carbons (Fsp3) is 0.133. The molecule has 6 heteroatoms. The van der Waals surface area contributed by atoms with Gasteiger partial charge in [0.25, 0.3) is 0 Å². The van der Waals surface area contributed by atoms with Gasteiger partial charge in [-0.2, -0.15) is 13.2 Å². The van der Waals surface area contributed by atoms with Gasteiger partial charge < -0.3 is 9.14 Å². The van der Waals surface area contributed by atoms with Gasteiger partial charge in [-0.05, 0) is 24.3 Å². The minimum Gasteiger partial charge on any atom is -0.497 e.